The lowest BCUT2D eigenvalue weighted by Gasteiger charge is -2.23. The molecule has 2 aromatic carbocycles. The number of likely N-dealkylation sites (N-methyl/N-ethyl adjacent to an activating group) is 1. The Morgan fingerprint density at radius 2 is 1.93 bits per heavy atom. The number of hydrogen-bond donors (Lipinski definition) is 0. The second-order valence-corrected chi connectivity index (χ2v) is 7.87. The quantitative estimate of drug-likeness (QED) is 0.664. The molecule has 4 rings (SSSR count). The van der Waals surface area contributed by atoms with E-state index in [0.717, 1.165) is 0 Å². The van der Waals surface area contributed by atoms with Crippen LogP contribution in [0.5, 0.6) is 11.5 Å². The maximum absolute atomic E-state index is 12.9. The first-order chi connectivity index (χ1) is 14.5. The van der Waals surface area contributed by atoms with E-state index in [9.17, 15) is 9.59 Å². The maximum Gasteiger partial charge on any atom is 0.249 e. The van der Waals surface area contributed by atoms with Crippen molar-refractivity contribution in [3.63, 3.8) is 0 Å². The second kappa shape index (κ2) is 8.58. The Hall–Kier alpha value is -2.70. The van der Waals surface area contributed by atoms with Crippen LogP contribution in [-0.4, -0.2) is 49.6 Å². The van der Waals surface area contributed by atoms with Gasteiger partial charge >= 0.3 is 0 Å². The van der Waals surface area contributed by atoms with Crippen LogP contribution in [-0.2, 0) is 9.59 Å². The van der Waals surface area contributed by atoms with Crippen LogP contribution in [0.3, 0.4) is 0 Å². The number of halogens is 2. The van der Waals surface area contributed by atoms with Crippen LogP contribution in [0.2, 0.25) is 10.0 Å². The molecule has 0 saturated carbocycles. The molecule has 0 aromatic heterocycles. The molecule has 2 aliphatic rings. The molecule has 1 saturated heterocycles. The largest absolute Gasteiger partial charge is 0.486 e. The van der Waals surface area contributed by atoms with E-state index in [0.29, 0.717) is 59.0 Å². The molecule has 1 unspecified atom stereocenters. The number of amides is 2. The average Bonchev–Trinajstić information content (AvgIpc) is 3.13. The summed E-state index contributed by atoms with van der Waals surface area (Å²) in [5.74, 6) is 0.644. The van der Waals surface area contributed by atoms with Crippen molar-refractivity contribution < 1.29 is 19.1 Å². The molecule has 2 heterocycles. The van der Waals surface area contributed by atoms with Gasteiger partial charge in [-0.25, -0.2) is 0 Å². The molecule has 0 radical (unpaired) electrons. The molecular formula is C22H20Cl2N2O4. The standard InChI is InChI=1S/C22H20Cl2N2O4/c1-25(18-8-9-26(22(18)28)17-5-3-2-4-15(17)23)20(27)7-6-14-12-16(24)21-19(13-14)29-10-11-30-21/h2-7,12-13,18H,8-11H2,1H3/b7-6+. The predicted molar refractivity (Wildman–Crippen MR) is 116 cm³/mol. The van der Waals surface area contributed by atoms with Gasteiger partial charge in [0, 0.05) is 19.7 Å². The highest BCUT2D eigenvalue weighted by atomic mass is 35.5. The molecule has 8 heteroatoms. The molecule has 0 aliphatic carbocycles. The summed E-state index contributed by atoms with van der Waals surface area (Å²) in [5.41, 5.74) is 1.37. The molecule has 0 N–H and O–H groups in total. The summed E-state index contributed by atoms with van der Waals surface area (Å²) in [6.45, 7) is 1.40. The molecule has 156 valence electrons. The number of carbonyl (C=O) groups is 2. The number of hydrogen-bond acceptors (Lipinski definition) is 4. The zero-order chi connectivity index (χ0) is 21.3. The molecule has 0 bridgehead atoms. The van der Waals surface area contributed by atoms with Gasteiger partial charge in [-0.3, -0.25) is 9.59 Å². The zero-order valence-electron chi connectivity index (χ0n) is 16.3. The molecule has 6 nitrogen and oxygen atoms in total. The van der Waals surface area contributed by atoms with E-state index in [-0.39, 0.29) is 11.8 Å². The third-order valence-corrected chi connectivity index (χ3v) is 5.77. The maximum atomic E-state index is 12.9. The number of nitrogens with zero attached hydrogens (tertiary/aromatic N) is 2. The number of benzene rings is 2. The van der Waals surface area contributed by atoms with Crippen LogP contribution < -0.4 is 14.4 Å². The monoisotopic (exact) mass is 446 g/mol. The number of rotatable bonds is 4. The van der Waals surface area contributed by atoms with E-state index in [1.54, 1.807) is 42.3 Å². The highest BCUT2D eigenvalue weighted by Gasteiger charge is 2.37. The first kappa shape index (κ1) is 20.6. The fourth-order valence-corrected chi connectivity index (χ4v) is 4.11. The second-order valence-electron chi connectivity index (χ2n) is 7.06. The van der Waals surface area contributed by atoms with Crippen molar-refractivity contribution in [2.24, 2.45) is 0 Å². The minimum atomic E-state index is -0.540. The SMILES string of the molecule is CN(C(=O)/C=C/c1cc(Cl)c2c(c1)OCCO2)C1CCN(c2ccccc2Cl)C1=O. The summed E-state index contributed by atoms with van der Waals surface area (Å²) in [6, 6.07) is 10.1. The van der Waals surface area contributed by atoms with Crippen LogP contribution in [0, 0.1) is 0 Å². The van der Waals surface area contributed by atoms with E-state index in [1.807, 2.05) is 12.1 Å². The highest BCUT2D eigenvalue weighted by Crippen LogP contribution is 2.38. The van der Waals surface area contributed by atoms with Crippen LogP contribution in [0.1, 0.15) is 12.0 Å². The fraction of sp³-hybridized carbons (Fsp3) is 0.273. The Bertz CT molecular complexity index is 1020. The number of carbonyl (C=O) groups excluding carboxylic acids is 2. The minimum Gasteiger partial charge on any atom is -0.486 e. The molecular weight excluding hydrogens is 427 g/mol. The number of ether oxygens (including phenoxy) is 2. The van der Waals surface area contributed by atoms with Crippen molar-refractivity contribution >= 4 is 46.8 Å². The van der Waals surface area contributed by atoms with E-state index in [1.165, 1.54) is 11.0 Å². The average molecular weight is 447 g/mol. The van der Waals surface area contributed by atoms with Crippen molar-refractivity contribution in [3.05, 3.63) is 58.1 Å². The summed E-state index contributed by atoms with van der Waals surface area (Å²) in [6.07, 6.45) is 3.61. The Kier molecular flexibility index (Phi) is 5.88. The minimum absolute atomic E-state index is 0.144. The van der Waals surface area contributed by atoms with Gasteiger partial charge in [-0.15, -0.1) is 0 Å². The molecule has 1 fully saturated rings. The van der Waals surface area contributed by atoms with Crippen molar-refractivity contribution in [2.45, 2.75) is 12.5 Å². The number of para-hydroxylation sites is 1. The summed E-state index contributed by atoms with van der Waals surface area (Å²) >= 11 is 12.5. The van der Waals surface area contributed by atoms with Crippen LogP contribution >= 0.6 is 23.2 Å². The van der Waals surface area contributed by atoms with Crippen LogP contribution in [0.25, 0.3) is 6.08 Å². The molecule has 30 heavy (non-hydrogen) atoms. The summed E-state index contributed by atoms with van der Waals surface area (Å²) < 4.78 is 11.1. The van der Waals surface area contributed by atoms with Gasteiger partial charge in [-0.2, -0.15) is 0 Å². The van der Waals surface area contributed by atoms with Gasteiger partial charge in [-0.05, 0) is 42.3 Å². The normalized spacial score (nSPS) is 18.2. The Balaban J connectivity index is 1.46. The van der Waals surface area contributed by atoms with Gasteiger partial charge in [0.1, 0.15) is 19.3 Å². The third-order valence-electron chi connectivity index (χ3n) is 5.17. The summed E-state index contributed by atoms with van der Waals surface area (Å²) in [4.78, 5) is 28.7. The highest BCUT2D eigenvalue weighted by molar-refractivity contribution is 6.34. The lowest BCUT2D eigenvalue weighted by atomic mass is 10.1. The number of fused-ring (bicyclic) bond motifs is 1. The van der Waals surface area contributed by atoms with Crippen molar-refractivity contribution in [1.82, 2.24) is 4.90 Å². The summed E-state index contributed by atoms with van der Waals surface area (Å²) in [5, 5.41) is 0.935. The number of anilines is 1. The fourth-order valence-electron chi connectivity index (χ4n) is 3.60. The zero-order valence-corrected chi connectivity index (χ0v) is 17.8. The summed E-state index contributed by atoms with van der Waals surface area (Å²) in [7, 11) is 1.63. The van der Waals surface area contributed by atoms with Gasteiger partial charge in [0.15, 0.2) is 11.5 Å². The van der Waals surface area contributed by atoms with Gasteiger partial charge in [0.25, 0.3) is 0 Å². The lowest BCUT2D eigenvalue weighted by Crippen LogP contribution is -2.42. The smallest absolute Gasteiger partial charge is 0.249 e. The first-order valence-electron chi connectivity index (χ1n) is 9.55. The van der Waals surface area contributed by atoms with Crippen molar-refractivity contribution in [1.29, 1.82) is 0 Å². The van der Waals surface area contributed by atoms with Gasteiger partial charge in [0.05, 0.1) is 15.7 Å². The first-order valence-corrected chi connectivity index (χ1v) is 10.3. The van der Waals surface area contributed by atoms with E-state index in [2.05, 4.69) is 0 Å². The molecule has 0 spiro atoms. The third kappa shape index (κ3) is 3.98. The lowest BCUT2D eigenvalue weighted by molar-refractivity contribution is -0.132. The Morgan fingerprint density at radius 1 is 1.17 bits per heavy atom. The van der Waals surface area contributed by atoms with Gasteiger partial charge in [-0.1, -0.05) is 35.3 Å². The Labute approximate surface area is 184 Å². The van der Waals surface area contributed by atoms with E-state index >= 15 is 0 Å². The topological polar surface area (TPSA) is 59.1 Å². The Morgan fingerprint density at radius 3 is 2.73 bits per heavy atom. The van der Waals surface area contributed by atoms with Gasteiger partial charge in [0.2, 0.25) is 11.8 Å². The van der Waals surface area contributed by atoms with E-state index in [4.69, 9.17) is 32.7 Å². The van der Waals surface area contributed by atoms with Crippen molar-refractivity contribution in [2.75, 3.05) is 31.7 Å². The van der Waals surface area contributed by atoms with Gasteiger partial charge < -0.3 is 19.3 Å². The molecule has 2 aliphatic heterocycles. The van der Waals surface area contributed by atoms with Crippen LogP contribution in [0.4, 0.5) is 5.69 Å². The molecule has 2 amide bonds. The van der Waals surface area contributed by atoms with Crippen molar-refractivity contribution in [3.8, 4) is 11.5 Å². The molecule has 1 atom stereocenters. The van der Waals surface area contributed by atoms with E-state index < -0.39 is 6.04 Å². The van der Waals surface area contributed by atoms with Crippen LogP contribution in [0.15, 0.2) is 42.5 Å². The molecule has 2 aromatic rings. The predicted octanol–water partition coefficient (Wildman–Crippen LogP) is 4.04.